The number of aliphatic hydroxyl groups excluding tert-OH is 1. The lowest BCUT2D eigenvalue weighted by atomic mass is 10.1. The molecule has 1 N–H and O–H groups in total. The van der Waals surface area contributed by atoms with Gasteiger partial charge in [0, 0.05) is 0 Å². The third-order valence-corrected chi connectivity index (χ3v) is 3.08. The Bertz CT molecular complexity index is 361. The van der Waals surface area contributed by atoms with Gasteiger partial charge < -0.3 is 14.6 Å². The smallest absolute Gasteiger partial charge is 0.161 e. The first-order valence-corrected chi connectivity index (χ1v) is 7.15. The first-order chi connectivity index (χ1) is 9.17. The summed E-state index contributed by atoms with van der Waals surface area (Å²) >= 11 is 0. The van der Waals surface area contributed by atoms with Crippen LogP contribution in [0.2, 0.25) is 0 Å². The Balaban J connectivity index is 2.57. The van der Waals surface area contributed by atoms with Gasteiger partial charge in [0.1, 0.15) is 0 Å². The van der Waals surface area contributed by atoms with Crippen molar-refractivity contribution in [3.63, 3.8) is 0 Å². The highest BCUT2D eigenvalue weighted by atomic mass is 16.5. The zero-order chi connectivity index (χ0) is 14.1. The summed E-state index contributed by atoms with van der Waals surface area (Å²) in [6.07, 6.45) is 4.80. The SMILES string of the molecule is CCCCCOc1ccc(CCC(C)O)cc1OC. The Morgan fingerprint density at radius 2 is 2.00 bits per heavy atom. The second-order valence-corrected chi connectivity index (χ2v) is 4.93. The Morgan fingerprint density at radius 3 is 2.63 bits per heavy atom. The highest BCUT2D eigenvalue weighted by molar-refractivity contribution is 5.43. The number of ether oxygens (including phenoxy) is 2. The fraction of sp³-hybridized carbons (Fsp3) is 0.625. The minimum Gasteiger partial charge on any atom is -0.493 e. The van der Waals surface area contributed by atoms with Gasteiger partial charge in [-0.05, 0) is 43.9 Å². The largest absolute Gasteiger partial charge is 0.493 e. The fourth-order valence-electron chi connectivity index (χ4n) is 1.90. The molecule has 1 aromatic rings. The molecular weight excluding hydrogens is 240 g/mol. The minimum atomic E-state index is -0.268. The number of benzene rings is 1. The molecule has 1 rings (SSSR count). The van der Waals surface area contributed by atoms with Gasteiger partial charge in [-0.1, -0.05) is 25.8 Å². The van der Waals surface area contributed by atoms with Gasteiger partial charge in [0.2, 0.25) is 0 Å². The van der Waals surface area contributed by atoms with Gasteiger partial charge in [0.25, 0.3) is 0 Å². The number of methoxy groups -OCH3 is 1. The van der Waals surface area contributed by atoms with E-state index in [9.17, 15) is 5.11 Å². The quantitative estimate of drug-likeness (QED) is 0.694. The van der Waals surface area contributed by atoms with E-state index in [1.54, 1.807) is 7.11 Å². The van der Waals surface area contributed by atoms with Crippen LogP contribution in [0.15, 0.2) is 18.2 Å². The summed E-state index contributed by atoms with van der Waals surface area (Å²) in [5, 5.41) is 9.31. The average Bonchev–Trinajstić information content (AvgIpc) is 2.42. The van der Waals surface area contributed by atoms with E-state index < -0.39 is 0 Å². The first kappa shape index (κ1) is 15.8. The molecule has 1 atom stereocenters. The lowest BCUT2D eigenvalue weighted by Gasteiger charge is -2.12. The predicted molar refractivity (Wildman–Crippen MR) is 78.0 cm³/mol. The summed E-state index contributed by atoms with van der Waals surface area (Å²) in [6.45, 7) is 4.72. The third kappa shape index (κ3) is 5.97. The summed E-state index contributed by atoms with van der Waals surface area (Å²) in [5.41, 5.74) is 1.17. The third-order valence-electron chi connectivity index (χ3n) is 3.08. The van der Waals surface area contributed by atoms with E-state index in [2.05, 4.69) is 6.92 Å². The van der Waals surface area contributed by atoms with Crippen LogP contribution in [-0.2, 0) is 6.42 Å². The molecule has 19 heavy (non-hydrogen) atoms. The molecule has 0 aliphatic carbocycles. The van der Waals surface area contributed by atoms with E-state index in [1.165, 1.54) is 18.4 Å². The Morgan fingerprint density at radius 1 is 1.21 bits per heavy atom. The molecule has 3 nitrogen and oxygen atoms in total. The number of aryl methyl sites for hydroxylation is 1. The molecule has 3 heteroatoms. The zero-order valence-corrected chi connectivity index (χ0v) is 12.3. The lowest BCUT2D eigenvalue weighted by molar-refractivity contribution is 0.185. The maximum atomic E-state index is 9.31. The summed E-state index contributed by atoms with van der Waals surface area (Å²) < 4.78 is 11.1. The first-order valence-electron chi connectivity index (χ1n) is 7.15. The van der Waals surface area contributed by atoms with Crippen LogP contribution in [0.5, 0.6) is 11.5 Å². The molecule has 0 aliphatic rings. The van der Waals surface area contributed by atoms with Crippen LogP contribution in [0.4, 0.5) is 0 Å². The van der Waals surface area contributed by atoms with Crippen molar-refractivity contribution in [3.05, 3.63) is 23.8 Å². The lowest BCUT2D eigenvalue weighted by Crippen LogP contribution is -2.03. The fourth-order valence-corrected chi connectivity index (χ4v) is 1.90. The van der Waals surface area contributed by atoms with Gasteiger partial charge >= 0.3 is 0 Å². The Labute approximate surface area is 116 Å². The molecule has 0 spiro atoms. The minimum absolute atomic E-state index is 0.268. The Kier molecular flexibility index (Phi) is 7.34. The molecule has 0 saturated carbocycles. The molecule has 108 valence electrons. The number of hydrogen-bond donors (Lipinski definition) is 1. The van der Waals surface area contributed by atoms with Crippen molar-refractivity contribution in [1.82, 2.24) is 0 Å². The monoisotopic (exact) mass is 266 g/mol. The number of rotatable bonds is 9. The van der Waals surface area contributed by atoms with Crippen LogP contribution in [-0.4, -0.2) is 24.9 Å². The molecule has 0 fully saturated rings. The van der Waals surface area contributed by atoms with E-state index in [0.29, 0.717) is 0 Å². The van der Waals surface area contributed by atoms with Crippen LogP contribution in [0.25, 0.3) is 0 Å². The van der Waals surface area contributed by atoms with Crippen molar-refractivity contribution in [1.29, 1.82) is 0 Å². The summed E-state index contributed by atoms with van der Waals surface area (Å²) in [6, 6.07) is 6.00. The van der Waals surface area contributed by atoms with Crippen LogP contribution in [0.1, 0.15) is 45.1 Å². The van der Waals surface area contributed by atoms with Crippen LogP contribution in [0, 0.1) is 0 Å². The van der Waals surface area contributed by atoms with Crippen LogP contribution < -0.4 is 9.47 Å². The highest BCUT2D eigenvalue weighted by Gasteiger charge is 2.06. The second-order valence-electron chi connectivity index (χ2n) is 4.93. The molecule has 0 heterocycles. The topological polar surface area (TPSA) is 38.7 Å². The van der Waals surface area contributed by atoms with Crippen LogP contribution >= 0.6 is 0 Å². The summed E-state index contributed by atoms with van der Waals surface area (Å²) in [4.78, 5) is 0. The molecular formula is C16H26O3. The van der Waals surface area contributed by atoms with Gasteiger partial charge in [-0.15, -0.1) is 0 Å². The predicted octanol–water partition coefficient (Wildman–Crippen LogP) is 3.58. The van der Waals surface area contributed by atoms with Gasteiger partial charge in [0.05, 0.1) is 19.8 Å². The summed E-state index contributed by atoms with van der Waals surface area (Å²) in [7, 11) is 1.66. The Hall–Kier alpha value is -1.22. The molecule has 0 aliphatic heterocycles. The van der Waals surface area contributed by atoms with E-state index in [4.69, 9.17) is 9.47 Å². The van der Waals surface area contributed by atoms with Gasteiger partial charge in [-0.25, -0.2) is 0 Å². The number of aliphatic hydroxyl groups is 1. The van der Waals surface area contributed by atoms with Crippen molar-refractivity contribution < 1.29 is 14.6 Å². The van der Waals surface area contributed by atoms with E-state index in [-0.39, 0.29) is 6.10 Å². The molecule has 0 saturated heterocycles. The van der Waals surface area contributed by atoms with Crippen LogP contribution in [0.3, 0.4) is 0 Å². The van der Waals surface area contributed by atoms with Crippen molar-refractivity contribution >= 4 is 0 Å². The second kappa shape index (κ2) is 8.81. The molecule has 0 aromatic heterocycles. The van der Waals surface area contributed by atoms with Gasteiger partial charge in [0.15, 0.2) is 11.5 Å². The summed E-state index contributed by atoms with van der Waals surface area (Å²) in [5.74, 6) is 1.58. The number of unbranched alkanes of at least 4 members (excludes halogenated alkanes) is 2. The van der Waals surface area contributed by atoms with E-state index in [0.717, 1.165) is 37.4 Å². The standard InChI is InChI=1S/C16H26O3/c1-4-5-6-11-19-15-10-9-14(8-7-13(2)17)12-16(15)18-3/h9-10,12-13,17H,4-8,11H2,1-3H3. The van der Waals surface area contributed by atoms with E-state index >= 15 is 0 Å². The maximum Gasteiger partial charge on any atom is 0.161 e. The van der Waals surface area contributed by atoms with Crippen molar-refractivity contribution in [3.8, 4) is 11.5 Å². The molecule has 1 unspecified atom stereocenters. The molecule has 0 amide bonds. The number of hydrogen-bond acceptors (Lipinski definition) is 3. The average molecular weight is 266 g/mol. The van der Waals surface area contributed by atoms with Crippen molar-refractivity contribution in [2.24, 2.45) is 0 Å². The van der Waals surface area contributed by atoms with Gasteiger partial charge in [-0.3, -0.25) is 0 Å². The van der Waals surface area contributed by atoms with E-state index in [1.807, 2.05) is 25.1 Å². The molecule has 0 radical (unpaired) electrons. The molecule has 1 aromatic carbocycles. The van der Waals surface area contributed by atoms with Crippen molar-refractivity contribution in [2.45, 2.75) is 52.1 Å². The van der Waals surface area contributed by atoms with Gasteiger partial charge in [-0.2, -0.15) is 0 Å². The maximum absolute atomic E-state index is 9.31. The highest BCUT2D eigenvalue weighted by Crippen LogP contribution is 2.28. The normalized spacial score (nSPS) is 12.2. The van der Waals surface area contributed by atoms with Crippen molar-refractivity contribution in [2.75, 3.05) is 13.7 Å². The molecule has 0 bridgehead atoms. The zero-order valence-electron chi connectivity index (χ0n) is 12.3.